The number of hydrogen-bond donors (Lipinski definition) is 1. The van der Waals surface area contributed by atoms with Crippen LogP contribution >= 0.6 is 0 Å². The Morgan fingerprint density at radius 2 is 2.05 bits per heavy atom. The van der Waals surface area contributed by atoms with Crippen molar-refractivity contribution in [2.24, 2.45) is 5.41 Å². The lowest BCUT2D eigenvalue weighted by Crippen LogP contribution is -2.35. The molecule has 4 nitrogen and oxygen atoms in total. The van der Waals surface area contributed by atoms with Gasteiger partial charge in [0.15, 0.2) is 0 Å². The van der Waals surface area contributed by atoms with E-state index in [-0.39, 0.29) is 0 Å². The summed E-state index contributed by atoms with van der Waals surface area (Å²) >= 11 is 0. The molecule has 1 aliphatic heterocycles. The first-order valence-electron chi connectivity index (χ1n) is 7.46. The Bertz CT molecular complexity index is 730. The number of nitrogens with zero attached hydrogens (tertiary/aromatic N) is 1. The molecule has 0 spiro atoms. The Morgan fingerprint density at radius 1 is 1.27 bits per heavy atom. The number of aryl methyl sites for hydroxylation is 1. The van der Waals surface area contributed by atoms with E-state index < -0.39 is 11.4 Å². The van der Waals surface area contributed by atoms with Crippen molar-refractivity contribution in [2.75, 3.05) is 13.2 Å². The van der Waals surface area contributed by atoms with Crippen molar-refractivity contribution >= 4 is 22.8 Å². The van der Waals surface area contributed by atoms with Crippen LogP contribution < -0.4 is 0 Å². The molecule has 1 saturated heterocycles. The third kappa shape index (κ3) is 2.88. The van der Waals surface area contributed by atoms with Crippen molar-refractivity contribution in [3.8, 4) is 0 Å². The number of pyridine rings is 1. The number of carboxylic acids is 1. The number of aliphatic carboxylic acids is 1. The molecule has 1 N–H and O–H groups in total. The van der Waals surface area contributed by atoms with Crippen LogP contribution in [0, 0.1) is 12.3 Å². The lowest BCUT2D eigenvalue weighted by molar-refractivity contribution is -0.150. The molecule has 0 unspecified atom stereocenters. The summed E-state index contributed by atoms with van der Waals surface area (Å²) in [5.74, 6) is -0.788. The summed E-state index contributed by atoms with van der Waals surface area (Å²) in [5, 5.41) is 11.7. The number of carbonyl (C=O) groups is 1. The van der Waals surface area contributed by atoms with Gasteiger partial charge in [-0.2, -0.15) is 0 Å². The molecule has 1 aromatic carbocycles. The SMILES string of the molecule is Cc1ccc2cnc(C=CC3(C(=O)O)CCOCC3)cc2c1. The number of hydrogen-bond acceptors (Lipinski definition) is 3. The highest BCUT2D eigenvalue weighted by molar-refractivity contribution is 5.84. The van der Waals surface area contributed by atoms with Gasteiger partial charge in [0.05, 0.1) is 11.1 Å². The number of aromatic nitrogens is 1. The summed E-state index contributed by atoms with van der Waals surface area (Å²) in [6.07, 6.45) is 6.44. The minimum atomic E-state index is -0.832. The summed E-state index contributed by atoms with van der Waals surface area (Å²) < 4.78 is 5.28. The average molecular weight is 297 g/mol. The van der Waals surface area contributed by atoms with Crippen LogP contribution in [-0.4, -0.2) is 29.3 Å². The van der Waals surface area contributed by atoms with Crippen molar-refractivity contribution in [2.45, 2.75) is 19.8 Å². The molecule has 2 heterocycles. The molecule has 0 atom stereocenters. The van der Waals surface area contributed by atoms with E-state index >= 15 is 0 Å². The molecule has 1 aliphatic rings. The van der Waals surface area contributed by atoms with Crippen molar-refractivity contribution in [1.29, 1.82) is 0 Å². The number of ether oxygens (including phenoxy) is 1. The Labute approximate surface area is 129 Å². The molecular formula is C18H19NO3. The normalized spacial score (nSPS) is 17.9. The molecule has 4 heteroatoms. The maximum atomic E-state index is 11.6. The van der Waals surface area contributed by atoms with Crippen LogP contribution in [0.3, 0.4) is 0 Å². The van der Waals surface area contributed by atoms with E-state index in [1.54, 1.807) is 6.08 Å². The van der Waals surface area contributed by atoms with E-state index in [0.717, 1.165) is 16.5 Å². The van der Waals surface area contributed by atoms with E-state index in [2.05, 4.69) is 24.0 Å². The topological polar surface area (TPSA) is 59.4 Å². The molecule has 0 amide bonds. The molecule has 114 valence electrons. The highest BCUT2D eigenvalue weighted by atomic mass is 16.5. The number of fused-ring (bicyclic) bond motifs is 1. The zero-order valence-electron chi connectivity index (χ0n) is 12.6. The second-order valence-corrected chi connectivity index (χ2v) is 5.87. The Balaban J connectivity index is 1.92. The second kappa shape index (κ2) is 5.89. The molecule has 3 rings (SSSR count). The summed E-state index contributed by atoms with van der Waals surface area (Å²) in [6, 6.07) is 8.20. The maximum Gasteiger partial charge on any atom is 0.313 e. The minimum Gasteiger partial charge on any atom is -0.481 e. The van der Waals surface area contributed by atoms with Gasteiger partial charge in [-0.3, -0.25) is 9.78 Å². The molecule has 0 aliphatic carbocycles. The van der Waals surface area contributed by atoms with Crippen molar-refractivity contribution < 1.29 is 14.6 Å². The average Bonchev–Trinajstić information content (AvgIpc) is 2.53. The maximum absolute atomic E-state index is 11.6. The molecule has 1 aromatic heterocycles. The summed E-state index contributed by atoms with van der Waals surface area (Å²) in [7, 11) is 0. The quantitative estimate of drug-likeness (QED) is 0.942. The third-order valence-corrected chi connectivity index (χ3v) is 4.28. The minimum absolute atomic E-state index is 0.487. The molecule has 22 heavy (non-hydrogen) atoms. The Morgan fingerprint density at radius 3 is 2.77 bits per heavy atom. The van der Waals surface area contributed by atoms with E-state index in [9.17, 15) is 9.90 Å². The fourth-order valence-corrected chi connectivity index (χ4v) is 2.80. The first-order valence-corrected chi connectivity index (χ1v) is 7.46. The van der Waals surface area contributed by atoms with Gasteiger partial charge in [-0.1, -0.05) is 29.8 Å². The monoisotopic (exact) mass is 297 g/mol. The highest BCUT2D eigenvalue weighted by Gasteiger charge is 2.37. The van der Waals surface area contributed by atoms with Crippen LogP contribution in [0.1, 0.15) is 24.1 Å². The molecule has 0 bridgehead atoms. The zero-order chi connectivity index (χ0) is 15.6. The smallest absolute Gasteiger partial charge is 0.313 e. The van der Waals surface area contributed by atoms with Crippen LogP contribution in [-0.2, 0) is 9.53 Å². The van der Waals surface area contributed by atoms with E-state index in [1.165, 1.54) is 5.56 Å². The van der Waals surface area contributed by atoms with Crippen molar-refractivity contribution in [3.05, 3.63) is 47.8 Å². The summed E-state index contributed by atoms with van der Waals surface area (Å²) in [4.78, 5) is 16.0. The molecular weight excluding hydrogens is 278 g/mol. The first-order chi connectivity index (χ1) is 10.6. The van der Waals surface area contributed by atoms with E-state index in [4.69, 9.17) is 4.74 Å². The van der Waals surface area contributed by atoms with Crippen LogP contribution in [0.4, 0.5) is 0 Å². The molecule has 1 fully saturated rings. The van der Waals surface area contributed by atoms with Crippen LogP contribution in [0.15, 0.2) is 36.5 Å². The summed E-state index contributed by atoms with van der Waals surface area (Å²) in [5.41, 5.74) is 1.15. The van der Waals surface area contributed by atoms with Gasteiger partial charge in [-0.25, -0.2) is 0 Å². The standard InChI is InChI=1S/C18H19NO3/c1-13-2-3-14-12-19-16(11-15(14)10-13)4-5-18(17(20)21)6-8-22-9-7-18/h2-5,10-12H,6-9H2,1H3,(H,20,21). The fraction of sp³-hybridized carbons (Fsp3) is 0.333. The summed E-state index contributed by atoms with van der Waals surface area (Å²) in [6.45, 7) is 3.03. The van der Waals surface area contributed by atoms with Gasteiger partial charge in [-0.05, 0) is 37.3 Å². The third-order valence-electron chi connectivity index (χ3n) is 4.28. The van der Waals surface area contributed by atoms with Gasteiger partial charge >= 0.3 is 5.97 Å². The number of benzene rings is 1. The van der Waals surface area contributed by atoms with Gasteiger partial charge in [0.1, 0.15) is 0 Å². The van der Waals surface area contributed by atoms with Gasteiger partial charge in [0.25, 0.3) is 0 Å². The van der Waals surface area contributed by atoms with Crippen LogP contribution in [0.25, 0.3) is 16.8 Å². The predicted octanol–water partition coefficient (Wildman–Crippen LogP) is 3.44. The Hall–Kier alpha value is -2.20. The molecule has 0 saturated carbocycles. The fourth-order valence-electron chi connectivity index (χ4n) is 2.80. The second-order valence-electron chi connectivity index (χ2n) is 5.87. The molecule has 2 aromatic rings. The van der Waals surface area contributed by atoms with Crippen LogP contribution in [0.5, 0.6) is 0 Å². The largest absolute Gasteiger partial charge is 0.481 e. The van der Waals surface area contributed by atoms with Crippen molar-refractivity contribution in [3.63, 3.8) is 0 Å². The van der Waals surface area contributed by atoms with Gasteiger partial charge in [0.2, 0.25) is 0 Å². The van der Waals surface area contributed by atoms with Gasteiger partial charge in [-0.15, -0.1) is 0 Å². The number of carboxylic acid groups (broad SMARTS) is 1. The van der Waals surface area contributed by atoms with Gasteiger partial charge in [0, 0.05) is 24.8 Å². The van der Waals surface area contributed by atoms with E-state index in [1.807, 2.05) is 24.4 Å². The lowest BCUT2D eigenvalue weighted by atomic mass is 9.80. The zero-order valence-corrected chi connectivity index (χ0v) is 12.6. The molecule has 0 radical (unpaired) electrons. The predicted molar refractivity (Wildman–Crippen MR) is 85.6 cm³/mol. The van der Waals surface area contributed by atoms with E-state index in [0.29, 0.717) is 26.1 Å². The number of rotatable bonds is 3. The van der Waals surface area contributed by atoms with Gasteiger partial charge < -0.3 is 9.84 Å². The lowest BCUT2D eigenvalue weighted by Gasteiger charge is -2.30. The Kier molecular flexibility index (Phi) is 3.94. The first kappa shape index (κ1) is 14.7. The van der Waals surface area contributed by atoms with Crippen molar-refractivity contribution in [1.82, 2.24) is 4.98 Å². The van der Waals surface area contributed by atoms with Crippen LogP contribution in [0.2, 0.25) is 0 Å². The highest BCUT2D eigenvalue weighted by Crippen LogP contribution is 2.33.